The SMILES string of the molecule is Nc1ncc(-c2noc(-c3cnn4c(C(F)(F)F)cc(-c5ccc(C(F)(F)F)c(F)c5)nc34)n2)cn1. The third kappa shape index (κ3) is 4.05. The molecule has 0 saturated heterocycles. The Morgan fingerprint density at radius 3 is 2.22 bits per heavy atom. The first-order chi connectivity index (χ1) is 16.9. The molecule has 0 saturated carbocycles. The Bertz CT molecular complexity index is 1590. The van der Waals surface area contributed by atoms with E-state index < -0.39 is 40.8 Å². The van der Waals surface area contributed by atoms with Gasteiger partial charge < -0.3 is 10.3 Å². The Balaban J connectivity index is 1.66. The Morgan fingerprint density at radius 1 is 0.861 bits per heavy atom. The second kappa shape index (κ2) is 7.96. The van der Waals surface area contributed by atoms with Crippen molar-refractivity contribution in [3.8, 4) is 34.1 Å². The monoisotopic (exact) mass is 510 g/mol. The number of aromatic nitrogens is 7. The number of nitrogens with zero attached hydrogens (tertiary/aromatic N) is 7. The minimum atomic E-state index is -4.99. The summed E-state index contributed by atoms with van der Waals surface area (Å²) in [6.07, 6.45) is -6.36. The number of nitrogens with two attached hydrogens (primary N) is 1. The fourth-order valence-corrected chi connectivity index (χ4v) is 3.27. The predicted octanol–water partition coefficient (Wildman–Crippen LogP) is 4.66. The maximum atomic E-state index is 14.1. The molecular weight excluding hydrogens is 501 g/mol. The van der Waals surface area contributed by atoms with Crippen molar-refractivity contribution in [3.63, 3.8) is 0 Å². The molecule has 2 N–H and O–H groups in total. The van der Waals surface area contributed by atoms with Crippen molar-refractivity contribution < 1.29 is 35.3 Å². The molecule has 1 aromatic carbocycles. The van der Waals surface area contributed by atoms with Crippen molar-refractivity contribution in [1.82, 2.24) is 34.7 Å². The van der Waals surface area contributed by atoms with Crippen LogP contribution < -0.4 is 5.73 Å². The molecule has 0 fully saturated rings. The van der Waals surface area contributed by atoms with E-state index in [2.05, 4.69) is 30.2 Å². The maximum Gasteiger partial charge on any atom is 0.433 e. The van der Waals surface area contributed by atoms with Crippen LogP contribution in [0, 0.1) is 5.82 Å². The van der Waals surface area contributed by atoms with Gasteiger partial charge in [0.15, 0.2) is 11.3 Å². The first-order valence-corrected chi connectivity index (χ1v) is 9.67. The van der Waals surface area contributed by atoms with E-state index in [1.54, 1.807) is 0 Å². The van der Waals surface area contributed by atoms with Gasteiger partial charge in [-0.3, -0.25) is 0 Å². The second-order valence-electron chi connectivity index (χ2n) is 7.26. The number of halogens is 7. The van der Waals surface area contributed by atoms with Crippen molar-refractivity contribution in [2.24, 2.45) is 0 Å². The smallest absolute Gasteiger partial charge is 0.368 e. The van der Waals surface area contributed by atoms with E-state index >= 15 is 0 Å². The van der Waals surface area contributed by atoms with Gasteiger partial charge in [-0.05, 0) is 18.2 Å². The molecule has 9 nitrogen and oxygen atoms in total. The zero-order valence-electron chi connectivity index (χ0n) is 17.3. The van der Waals surface area contributed by atoms with Gasteiger partial charge in [0.2, 0.25) is 11.8 Å². The number of fused-ring (bicyclic) bond motifs is 1. The van der Waals surface area contributed by atoms with Crippen molar-refractivity contribution in [1.29, 1.82) is 0 Å². The van der Waals surface area contributed by atoms with E-state index in [4.69, 9.17) is 10.3 Å². The third-order valence-electron chi connectivity index (χ3n) is 4.92. The van der Waals surface area contributed by atoms with Crippen LogP contribution in [0.1, 0.15) is 11.3 Å². The molecule has 5 rings (SSSR count). The summed E-state index contributed by atoms with van der Waals surface area (Å²) in [7, 11) is 0. The minimum absolute atomic E-state index is 0.0126. The normalized spacial score (nSPS) is 12.4. The van der Waals surface area contributed by atoms with Gasteiger partial charge in [0, 0.05) is 18.0 Å². The molecule has 0 aliphatic carbocycles. The number of anilines is 1. The topological polar surface area (TPSA) is 121 Å². The van der Waals surface area contributed by atoms with E-state index in [1.165, 1.54) is 12.4 Å². The highest BCUT2D eigenvalue weighted by Crippen LogP contribution is 2.37. The van der Waals surface area contributed by atoms with Gasteiger partial charge >= 0.3 is 12.4 Å². The van der Waals surface area contributed by atoms with Gasteiger partial charge in [-0.25, -0.2) is 23.9 Å². The molecule has 184 valence electrons. The molecule has 0 radical (unpaired) electrons. The number of nitrogen functional groups attached to an aromatic ring is 1. The van der Waals surface area contributed by atoms with Crippen LogP contribution in [0.4, 0.5) is 36.7 Å². The first-order valence-electron chi connectivity index (χ1n) is 9.67. The predicted molar refractivity (Wildman–Crippen MR) is 107 cm³/mol. The van der Waals surface area contributed by atoms with Crippen LogP contribution >= 0.6 is 0 Å². The molecule has 0 aliphatic heterocycles. The van der Waals surface area contributed by atoms with Gasteiger partial charge in [-0.1, -0.05) is 11.2 Å². The lowest BCUT2D eigenvalue weighted by Gasteiger charge is -2.12. The highest BCUT2D eigenvalue weighted by Gasteiger charge is 2.37. The summed E-state index contributed by atoms with van der Waals surface area (Å²) >= 11 is 0. The van der Waals surface area contributed by atoms with Crippen LogP contribution in [0.15, 0.2) is 47.4 Å². The Labute approximate surface area is 194 Å². The molecule has 0 aliphatic rings. The molecule has 0 spiro atoms. The van der Waals surface area contributed by atoms with E-state index in [0.29, 0.717) is 28.3 Å². The van der Waals surface area contributed by atoms with Crippen molar-refractivity contribution >= 4 is 11.6 Å². The van der Waals surface area contributed by atoms with Crippen LogP contribution in [0.3, 0.4) is 0 Å². The minimum Gasteiger partial charge on any atom is -0.368 e. The average Bonchev–Trinajstić information content (AvgIpc) is 3.44. The zero-order valence-corrected chi connectivity index (χ0v) is 17.3. The fraction of sp³-hybridized carbons (Fsp3) is 0.100. The largest absolute Gasteiger partial charge is 0.433 e. The molecule has 36 heavy (non-hydrogen) atoms. The Hall–Kier alpha value is -4.63. The fourth-order valence-electron chi connectivity index (χ4n) is 3.27. The first kappa shape index (κ1) is 23.1. The summed E-state index contributed by atoms with van der Waals surface area (Å²) in [5.74, 6) is -1.97. The summed E-state index contributed by atoms with van der Waals surface area (Å²) in [5.41, 5.74) is 1.50. The highest BCUT2D eigenvalue weighted by molar-refractivity contribution is 5.75. The van der Waals surface area contributed by atoms with E-state index in [1.807, 2.05) is 0 Å². The van der Waals surface area contributed by atoms with Gasteiger partial charge in [-0.2, -0.15) is 36.4 Å². The van der Waals surface area contributed by atoms with E-state index in [0.717, 1.165) is 12.3 Å². The number of hydrogen-bond donors (Lipinski definition) is 1. The van der Waals surface area contributed by atoms with Gasteiger partial charge in [0.25, 0.3) is 5.89 Å². The molecule has 0 unspecified atom stereocenters. The number of alkyl halides is 6. The molecule has 0 atom stereocenters. The van der Waals surface area contributed by atoms with E-state index in [-0.39, 0.29) is 28.8 Å². The standard InChI is InChI=1S/C20H9F7N8O/c21-12-3-8(1-2-11(12)19(22,23)24)13-4-14(20(25,26)27)35-16(32-13)10(7-31-35)17-33-15(34-36-17)9-5-29-18(28)30-6-9/h1-7H,(H2,28,29,30). The number of rotatable bonds is 3. The van der Waals surface area contributed by atoms with Crippen molar-refractivity contribution in [2.75, 3.05) is 5.73 Å². The van der Waals surface area contributed by atoms with Gasteiger partial charge in [-0.15, -0.1) is 0 Å². The van der Waals surface area contributed by atoms with Crippen LogP contribution in [0.2, 0.25) is 0 Å². The summed E-state index contributed by atoms with van der Waals surface area (Å²) < 4.78 is 99.8. The zero-order chi connectivity index (χ0) is 25.8. The molecule has 0 amide bonds. The average molecular weight is 510 g/mol. The number of benzene rings is 1. The lowest BCUT2D eigenvalue weighted by Crippen LogP contribution is -2.14. The molecule has 0 bridgehead atoms. The molecule has 4 aromatic heterocycles. The molecule has 4 heterocycles. The van der Waals surface area contributed by atoms with Gasteiger partial charge in [0.1, 0.15) is 11.4 Å². The van der Waals surface area contributed by atoms with Crippen LogP contribution in [0.25, 0.3) is 39.7 Å². The summed E-state index contributed by atoms with van der Waals surface area (Å²) in [4.78, 5) is 15.7. The summed E-state index contributed by atoms with van der Waals surface area (Å²) in [5, 5.41) is 7.42. The van der Waals surface area contributed by atoms with Crippen LogP contribution in [-0.2, 0) is 12.4 Å². The maximum absolute atomic E-state index is 14.1. The Kier molecular flexibility index (Phi) is 5.11. The lowest BCUT2D eigenvalue weighted by atomic mass is 10.1. The molecular formula is C20H9F7N8O. The third-order valence-corrected chi connectivity index (χ3v) is 4.92. The molecule has 16 heteroatoms. The lowest BCUT2D eigenvalue weighted by molar-refractivity contribution is -0.142. The summed E-state index contributed by atoms with van der Waals surface area (Å²) in [6.45, 7) is 0. The van der Waals surface area contributed by atoms with Gasteiger partial charge in [0.05, 0.1) is 23.0 Å². The van der Waals surface area contributed by atoms with Crippen LogP contribution in [-0.4, -0.2) is 34.7 Å². The van der Waals surface area contributed by atoms with Crippen LogP contribution in [0.5, 0.6) is 0 Å². The summed E-state index contributed by atoms with van der Waals surface area (Å²) in [6, 6.07) is 2.22. The Morgan fingerprint density at radius 2 is 1.58 bits per heavy atom. The number of hydrogen-bond acceptors (Lipinski definition) is 8. The highest BCUT2D eigenvalue weighted by atomic mass is 19.4. The molecule has 5 aromatic rings. The quantitative estimate of drug-likeness (QED) is 0.348. The van der Waals surface area contributed by atoms with E-state index in [9.17, 15) is 30.7 Å². The van der Waals surface area contributed by atoms with Crippen molar-refractivity contribution in [3.05, 3.63) is 59.9 Å². The second-order valence-corrected chi connectivity index (χ2v) is 7.26. The van der Waals surface area contributed by atoms with Crippen molar-refractivity contribution in [2.45, 2.75) is 12.4 Å².